The van der Waals surface area contributed by atoms with Gasteiger partial charge in [-0.15, -0.1) is 10.2 Å². The molecule has 0 saturated carbocycles. The fraction of sp³-hybridized carbons (Fsp3) is 0.714. The lowest BCUT2D eigenvalue weighted by Crippen LogP contribution is -2.30. The molecule has 0 spiro atoms. The fourth-order valence-corrected chi connectivity index (χ4v) is 2.76. The van der Waals surface area contributed by atoms with Crippen LogP contribution in [0.1, 0.15) is 39.4 Å². The second-order valence-corrected chi connectivity index (χ2v) is 5.27. The maximum Gasteiger partial charge on any atom is 0.146 e. The number of aryl methyl sites for hydroxylation is 1. The van der Waals surface area contributed by atoms with Gasteiger partial charge in [-0.3, -0.25) is 0 Å². The summed E-state index contributed by atoms with van der Waals surface area (Å²) in [6.45, 7) is 9.52. The minimum absolute atomic E-state index is 0.678. The van der Waals surface area contributed by atoms with E-state index in [-0.39, 0.29) is 0 Å². The maximum atomic E-state index is 4.14. The van der Waals surface area contributed by atoms with Crippen LogP contribution >= 0.6 is 0 Å². The minimum atomic E-state index is 0.678. The van der Waals surface area contributed by atoms with Crippen molar-refractivity contribution in [2.24, 2.45) is 11.8 Å². The zero-order valence-electron chi connectivity index (χ0n) is 11.7. The Labute approximate surface area is 109 Å². The predicted octanol–water partition coefficient (Wildman–Crippen LogP) is 2.38. The summed E-state index contributed by atoms with van der Waals surface area (Å²) in [5, 5.41) is 11.6. The van der Waals surface area contributed by atoms with E-state index in [2.05, 4.69) is 46.9 Å². The summed E-state index contributed by atoms with van der Waals surface area (Å²) in [5.74, 6) is 2.49. The zero-order valence-corrected chi connectivity index (χ0v) is 11.7. The standard InChI is InChI=1S/C14H24N4/c1-4-18-10-16-17-14(18)9-15-8-13-11(2)6-5-7-12(13)3/h6,10,12-13,15H,4-5,7-9H2,1-3H3/t12-,13+/m0/s1. The third-order valence-electron chi connectivity index (χ3n) is 4.04. The normalized spacial score (nSPS) is 24.1. The van der Waals surface area contributed by atoms with E-state index in [1.807, 2.05) is 0 Å². The van der Waals surface area contributed by atoms with Crippen LogP contribution in [0, 0.1) is 11.8 Å². The van der Waals surface area contributed by atoms with Gasteiger partial charge in [0, 0.05) is 13.1 Å². The van der Waals surface area contributed by atoms with Gasteiger partial charge in [-0.25, -0.2) is 0 Å². The van der Waals surface area contributed by atoms with Gasteiger partial charge in [-0.2, -0.15) is 0 Å². The molecule has 1 aliphatic rings. The van der Waals surface area contributed by atoms with E-state index in [0.29, 0.717) is 5.92 Å². The van der Waals surface area contributed by atoms with Crippen molar-refractivity contribution in [2.75, 3.05) is 6.54 Å². The lowest BCUT2D eigenvalue weighted by atomic mass is 9.80. The van der Waals surface area contributed by atoms with Crippen molar-refractivity contribution >= 4 is 0 Å². The van der Waals surface area contributed by atoms with Crippen LogP contribution in [-0.2, 0) is 13.1 Å². The van der Waals surface area contributed by atoms with Gasteiger partial charge >= 0.3 is 0 Å². The first-order valence-electron chi connectivity index (χ1n) is 6.96. The van der Waals surface area contributed by atoms with Crippen LogP contribution in [0.3, 0.4) is 0 Å². The molecule has 0 bridgehead atoms. The third kappa shape index (κ3) is 2.99. The number of hydrogen-bond acceptors (Lipinski definition) is 3. The summed E-state index contributed by atoms with van der Waals surface area (Å²) < 4.78 is 2.08. The molecule has 100 valence electrons. The van der Waals surface area contributed by atoms with Crippen LogP contribution in [0.25, 0.3) is 0 Å². The van der Waals surface area contributed by atoms with E-state index in [1.54, 1.807) is 11.9 Å². The highest BCUT2D eigenvalue weighted by atomic mass is 15.3. The largest absolute Gasteiger partial charge is 0.317 e. The van der Waals surface area contributed by atoms with Crippen LogP contribution in [-0.4, -0.2) is 21.3 Å². The van der Waals surface area contributed by atoms with Crippen LogP contribution in [0.2, 0.25) is 0 Å². The van der Waals surface area contributed by atoms with Crippen molar-refractivity contribution in [2.45, 2.75) is 46.7 Å². The highest BCUT2D eigenvalue weighted by Gasteiger charge is 2.21. The molecule has 0 aliphatic heterocycles. The Morgan fingerprint density at radius 3 is 3.06 bits per heavy atom. The Kier molecular flexibility index (Phi) is 4.53. The fourth-order valence-electron chi connectivity index (χ4n) is 2.76. The first kappa shape index (κ1) is 13.3. The van der Waals surface area contributed by atoms with E-state index >= 15 is 0 Å². The topological polar surface area (TPSA) is 42.7 Å². The van der Waals surface area contributed by atoms with Gasteiger partial charge in [-0.1, -0.05) is 18.6 Å². The molecule has 0 amide bonds. The molecule has 1 N–H and O–H groups in total. The molecule has 18 heavy (non-hydrogen) atoms. The molecule has 0 fully saturated rings. The molecule has 0 radical (unpaired) electrons. The summed E-state index contributed by atoms with van der Waals surface area (Å²) in [5.41, 5.74) is 1.54. The predicted molar refractivity (Wildman–Crippen MR) is 73.0 cm³/mol. The van der Waals surface area contributed by atoms with Gasteiger partial charge < -0.3 is 9.88 Å². The number of allylic oxidation sites excluding steroid dienone is 1. The smallest absolute Gasteiger partial charge is 0.146 e. The highest BCUT2D eigenvalue weighted by molar-refractivity contribution is 5.09. The molecule has 0 saturated heterocycles. The highest BCUT2D eigenvalue weighted by Crippen LogP contribution is 2.29. The Balaban J connectivity index is 1.85. The van der Waals surface area contributed by atoms with Crippen molar-refractivity contribution in [3.63, 3.8) is 0 Å². The molecule has 1 aromatic rings. The van der Waals surface area contributed by atoms with Crippen LogP contribution in [0.5, 0.6) is 0 Å². The van der Waals surface area contributed by atoms with E-state index in [9.17, 15) is 0 Å². The summed E-state index contributed by atoms with van der Waals surface area (Å²) >= 11 is 0. The quantitative estimate of drug-likeness (QED) is 0.814. The van der Waals surface area contributed by atoms with Gasteiger partial charge in [-0.05, 0) is 38.5 Å². The van der Waals surface area contributed by atoms with E-state index < -0.39 is 0 Å². The molecule has 0 aromatic carbocycles. The maximum absolute atomic E-state index is 4.14. The molecule has 0 unspecified atom stereocenters. The zero-order chi connectivity index (χ0) is 13.0. The Morgan fingerprint density at radius 2 is 2.33 bits per heavy atom. The summed E-state index contributed by atoms with van der Waals surface area (Å²) in [4.78, 5) is 0. The lowest BCUT2D eigenvalue weighted by molar-refractivity contribution is 0.348. The van der Waals surface area contributed by atoms with E-state index in [1.165, 1.54) is 12.8 Å². The summed E-state index contributed by atoms with van der Waals surface area (Å²) in [6.07, 6.45) is 6.74. The van der Waals surface area contributed by atoms with Gasteiger partial charge in [0.05, 0.1) is 6.54 Å². The van der Waals surface area contributed by atoms with Gasteiger partial charge in [0.15, 0.2) is 0 Å². The SMILES string of the molecule is CCn1cnnc1CNC[C@@H]1C(C)=CCC[C@@H]1C. The van der Waals surface area contributed by atoms with Crippen LogP contribution in [0.4, 0.5) is 0 Å². The van der Waals surface area contributed by atoms with Crippen molar-refractivity contribution in [3.8, 4) is 0 Å². The average Bonchev–Trinajstić information content (AvgIpc) is 2.80. The van der Waals surface area contributed by atoms with Crippen molar-refractivity contribution in [1.29, 1.82) is 0 Å². The molecular weight excluding hydrogens is 224 g/mol. The number of aromatic nitrogens is 3. The van der Waals surface area contributed by atoms with Crippen LogP contribution in [0.15, 0.2) is 18.0 Å². The number of hydrogen-bond donors (Lipinski definition) is 1. The second kappa shape index (κ2) is 6.14. The minimum Gasteiger partial charge on any atom is -0.317 e. The average molecular weight is 248 g/mol. The molecular formula is C14H24N4. The third-order valence-corrected chi connectivity index (χ3v) is 4.04. The first-order chi connectivity index (χ1) is 8.72. The first-order valence-corrected chi connectivity index (χ1v) is 6.96. The number of rotatable bonds is 5. The molecule has 2 rings (SSSR count). The van der Waals surface area contributed by atoms with Gasteiger partial charge in [0.1, 0.15) is 12.2 Å². The van der Waals surface area contributed by atoms with Crippen LogP contribution < -0.4 is 5.32 Å². The molecule has 1 heterocycles. The van der Waals surface area contributed by atoms with E-state index in [0.717, 1.165) is 31.4 Å². The Hall–Kier alpha value is -1.16. The summed E-state index contributed by atoms with van der Waals surface area (Å²) in [7, 11) is 0. The molecule has 1 aliphatic carbocycles. The molecule has 1 aromatic heterocycles. The molecule has 2 atom stereocenters. The molecule has 4 nitrogen and oxygen atoms in total. The number of nitrogens with zero attached hydrogens (tertiary/aromatic N) is 3. The molecule has 4 heteroatoms. The second-order valence-electron chi connectivity index (χ2n) is 5.27. The summed E-state index contributed by atoms with van der Waals surface area (Å²) in [6, 6.07) is 0. The van der Waals surface area contributed by atoms with Crippen molar-refractivity contribution in [3.05, 3.63) is 23.8 Å². The van der Waals surface area contributed by atoms with Crippen molar-refractivity contribution < 1.29 is 0 Å². The van der Waals surface area contributed by atoms with Gasteiger partial charge in [0.2, 0.25) is 0 Å². The lowest BCUT2D eigenvalue weighted by Gasteiger charge is -2.28. The van der Waals surface area contributed by atoms with Crippen molar-refractivity contribution in [1.82, 2.24) is 20.1 Å². The van der Waals surface area contributed by atoms with E-state index in [4.69, 9.17) is 0 Å². The Morgan fingerprint density at radius 1 is 1.50 bits per heavy atom. The van der Waals surface area contributed by atoms with Gasteiger partial charge in [0.25, 0.3) is 0 Å². The monoisotopic (exact) mass is 248 g/mol. The Bertz CT molecular complexity index is 408. The number of nitrogens with one attached hydrogen (secondary N) is 1.